The van der Waals surface area contributed by atoms with E-state index in [1.54, 1.807) is 0 Å². The summed E-state index contributed by atoms with van der Waals surface area (Å²) < 4.78 is 1.02. The van der Waals surface area contributed by atoms with Crippen molar-refractivity contribution in [2.75, 3.05) is 0 Å². The van der Waals surface area contributed by atoms with Crippen molar-refractivity contribution in [2.45, 2.75) is 12.5 Å². The van der Waals surface area contributed by atoms with Gasteiger partial charge in [0.1, 0.15) is 0 Å². The summed E-state index contributed by atoms with van der Waals surface area (Å²) in [6, 6.07) is 9.74. The quantitative estimate of drug-likeness (QED) is 0.887. The molecule has 0 saturated carbocycles. The molecule has 1 nitrogen and oxygen atoms in total. The molecule has 0 aliphatic rings. The Hall–Kier alpha value is -0.350. The first-order valence-electron chi connectivity index (χ1n) is 4.82. The molecule has 0 bridgehead atoms. The van der Waals surface area contributed by atoms with Crippen molar-refractivity contribution in [1.29, 1.82) is 0 Å². The molecule has 0 spiro atoms. The van der Waals surface area contributed by atoms with E-state index in [2.05, 4.69) is 15.9 Å². The smallest absolute Gasteiger partial charge is 0.0937 e. The largest absolute Gasteiger partial charge is 0.387 e. The molecule has 0 saturated heterocycles. The maximum absolute atomic E-state index is 10.0. The van der Waals surface area contributed by atoms with E-state index in [0.717, 1.165) is 14.9 Å². The number of thiophene rings is 1. The third-order valence-electron chi connectivity index (χ3n) is 2.27. The molecule has 1 aromatic heterocycles. The number of rotatable bonds is 3. The van der Waals surface area contributed by atoms with E-state index < -0.39 is 6.10 Å². The Morgan fingerprint density at radius 1 is 1.38 bits per heavy atom. The molecule has 0 aliphatic carbocycles. The molecule has 1 unspecified atom stereocenters. The average molecular weight is 318 g/mol. The van der Waals surface area contributed by atoms with Gasteiger partial charge in [-0.15, -0.1) is 11.3 Å². The van der Waals surface area contributed by atoms with Crippen LogP contribution in [0.4, 0.5) is 0 Å². The van der Waals surface area contributed by atoms with E-state index in [-0.39, 0.29) is 0 Å². The van der Waals surface area contributed by atoms with Crippen LogP contribution in [0.25, 0.3) is 0 Å². The van der Waals surface area contributed by atoms with Crippen LogP contribution < -0.4 is 0 Å². The third kappa shape index (κ3) is 2.86. The minimum absolute atomic E-state index is 0.526. The van der Waals surface area contributed by atoms with Gasteiger partial charge >= 0.3 is 0 Å². The van der Waals surface area contributed by atoms with Crippen LogP contribution >= 0.6 is 38.9 Å². The molecular weight excluding hydrogens is 308 g/mol. The summed E-state index contributed by atoms with van der Waals surface area (Å²) in [5.41, 5.74) is 1.09. The lowest BCUT2D eigenvalue weighted by Gasteiger charge is -2.09. The lowest BCUT2D eigenvalue weighted by Crippen LogP contribution is -1.99. The van der Waals surface area contributed by atoms with Crippen LogP contribution in [0.1, 0.15) is 16.5 Å². The summed E-state index contributed by atoms with van der Waals surface area (Å²) in [5.74, 6) is 0. The van der Waals surface area contributed by atoms with Crippen LogP contribution in [-0.4, -0.2) is 5.11 Å². The number of aliphatic hydroxyl groups excluding tert-OH is 1. The van der Waals surface area contributed by atoms with Gasteiger partial charge in [0.2, 0.25) is 0 Å². The van der Waals surface area contributed by atoms with Gasteiger partial charge in [0.05, 0.1) is 16.0 Å². The Balaban J connectivity index is 2.14. The lowest BCUT2D eigenvalue weighted by molar-refractivity contribution is 0.182. The predicted octanol–water partition coefficient (Wildman–Crippen LogP) is 4.44. The average Bonchev–Trinajstić information content (AvgIpc) is 2.64. The minimum atomic E-state index is -0.526. The molecule has 1 aromatic carbocycles. The molecule has 2 rings (SSSR count). The Morgan fingerprint density at radius 3 is 2.81 bits per heavy atom. The highest BCUT2D eigenvalue weighted by atomic mass is 79.9. The summed E-state index contributed by atoms with van der Waals surface area (Å²) in [4.78, 5) is 0.835. The van der Waals surface area contributed by atoms with Crippen LogP contribution in [0.2, 0.25) is 5.02 Å². The summed E-state index contributed by atoms with van der Waals surface area (Å²) in [6.45, 7) is 0. The van der Waals surface area contributed by atoms with Gasteiger partial charge in [-0.25, -0.2) is 0 Å². The second-order valence-corrected chi connectivity index (χ2v) is 5.75. The number of hydrogen-bond acceptors (Lipinski definition) is 2. The second kappa shape index (κ2) is 5.32. The van der Waals surface area contributed by atoms with Crippen molar-refractivity contribution < 1.29 is 5.11 Å². The van der Waals surface area contributed by atoms with E-state index in [1.807, 2.05) is 35.7 Å². The Labute approximate surface area is 112 Å². The maximum atomic E-state index is 10.0. The molecular formula is C12H10BrClOS. The molecule has 0 radical (unpaired) electrons. The highest BCUT2D eigenvalue weighted by Gasteiger charge is 2.13. The van der Waals surface area contributed by atoms with Gasteiger partial charge in [-0.05, 0) is 29.1 Å². The summed E-state index contributed by atoms with van der Waals surface area (Å²) in [5, 5.41) is 12.6. The predicted molar refractivity (Wildman–Crippen MR) is 72.1 cm³/mol. The fraction of sp³-hybridized carbons (Fsp3) is 0.167. The van der Waals surface area contributed by atoms with E-state index in [1.165, 1.54) is 11.3 Å². The molecule has 0 aliphatic heterocycles. The first kappa shape index (κ1) is 12.1. The number of hydrogen-bond donors (Lipinski definition) is 1. The van der Waals surface area contributed by atoms with Crippen molar-refractivity contribution in [1.82, 2.24) is 0 Å². The van der Waals surface area contributed by atoms with Crippen LogP contribution in [0, 0.1) is 0 Å². The molecule has 1 heterocycles. The van der Waals surface area contributed by atoms with E-state index >= 15 is 0 Å². The van der Waals surface area contributed by atoms with Gasteiger partial charge in [0.25, 0.3) is 0 Å². The van der Waals surface area contributed by atoms with Gasteiger partial charge in [-0.2, -0.15) is 0 Å². The van der Waals surface area contributed by atoms with Gasteiger partial charge in [0.15, 0.2) is 0 Å². The summed E-state index contributed by atoms with van der Waals surface area (Å²) >= 11 is 10.9. The molecule has 4 heteroatoms. The van der Waals surface area contributed by atoms with E-state index in [4.69, 9.17) is 11.6 Å². The first-order valence-corrected chi connectivity index (χ1v) is 6.87. The standard InChI is InChI=1S/C12H10BrClOS/c13-9-3-1-2-8(6-9)7-11(15)12-10(14)4-5-16-12/h1-6,11,15H,7H2. The zero-order valence-corrected chi connectivity index (χ0v) is 11.5. The minimum Gasteiger partial charge on any atom is -0.387 e. The molecule has 1 atom stereocenters. The Kier molecular flexibility index (Phi) is 4.03. The monoisotopic (exact) mass is 316 g/mol. The van der Waals surface area contributed by atoms with Gasteiger partial charge in [-0.3, -0.25) is 0 Å². The Bertz CT molecular complexity index is 483. The number of halogens is 2. The molecule has 2 aromatic rings. The topological polar surface area (TPSA) is 20.2 Å². The zero-order valence-electron chi connectivity index (χ0n) is 8.36. The van der Waals surface area contributed by atoms with Crippen LogP contribution in [0.15, 0.2) is 40.2 Å². The number of benzene rings is 1. The lowest BCUT2D eigenvalue weighted by atomic mass is 10.1. The highest BCUT2D eigenvalue weighted by molar-refractivity contribution is 9.10. The fourth-order valence-electron chi connectivity index (χ4n) is 1.52. The van der Waals surface area contributed by atoms with Crippen molar-refractivity contribution in [3.8, 4) is 0 Å². The molecule has 1 N–H and O–H groups in total. The molecule has 0 fully saturated rings. The maximum Gasteiger partial charge on any atom is 0.0937 e. The van der Waals surface area contributed by atoms with Crippen molar-refractivity contribution in [3.63, 3.8) is 0 Å². The second-order valence-electron chi connectivity index (χ2n) is 3.48. The van der Waals surface area contributed by atoms with Crippen molar-refractivity contribution in [3.05, 3.63) is 55.6 Å². The molecule has 16 heavy (non-hydrogen) atoms. The normalized spacial score (nSPS) is 12.7. The summed E-state index contributed by atoms with van der Waals surface area (Å²) in [6.07, 6.45) is 0.0569. The summed E-state index contributed by atoms with van der Waals surface area (Å²) in [7, 11) is 0. The number of aliphatic hydroxyl groups is 1. The fourth-order valence-corrected chi connectivity index (χ4v) is 3.14. The first-order chi connectivity index (χ1) is 7.66. The SMILES string of the molecule is OC(Cc1cccc(Br)c1)c1sccc1Cl. The van der Waals surface area contributed by atoms with Crippen molar-refractivity contribution >= 4 is 38.9 Å². The van der Waals surface area contributed by atoms with Gasteiger partial charge in [0, 0.05) is 10.9 Å². The molecule has 0 amide bonds. The molecule has 84 valence electrons. The van der Waals surface area contributed by atoms with Gasteiger partial charge in [-0.1, -0.05) is 39.7 Å². The van der Waals surface area contributed by atoms with Crippen LogP contribution in [-0.2, 0) is 6.42 Å². The van der Waals surface area contributed by atoms with Crippen LogP contribution in [0.5, 0.6) is 0 Å². The van der Waals surface area contributed by atoms with Crippen LogP contribution in [0.3, 0.4) is 0 Å². The Morgan fingerprint density at radius 2 is 2.19 bits per heavy atom. The highest BCUT2D eigenvalue weighted by Crippen LogP contribution is 2.30. The third-order valence-corrected chi connectivity index (χ3v) is 4.22. The van der Waals surface area contributed by atoms with Crippen molar-refractivity contribution in [2.24, 2.45) is 0 Å². The van der Waals surface area contributed by atoms with E-state index in [9.17, 15) is 5.11 Å². The zero-order chi connectivity index (χ0) is 11.5. The van der Waals surface area contributed by atoms with Gasteiger partial charge < -0.3 is 5.11 Å². The van der Waals surface area contributed by atoms with E-state index in [0.29, 0.717) is 11.4 Å².